The summed E-state index contributed by atoms with van der Waals surface area (Å²) >= 11 is 0. The van der Waals surface area contributed by atoms with Gasteiger partial charge in [0.15, 0.2) is 5.84 Å². The van der Waals surface area contributed by atoms with E-state index in [4.69, 9.17) is 9.68 Å². The molecule has 0 amide bonds. The zero-order chi connectivity index (χ0) is 12.3. The predicted molar refractivity (Wildman–Crippen MR) is 61.7 cm³/mol. The normalized spacial score (nSPS) is 13.5. The number of fused-ring (bicyclic) bond motifs is 1. The monoisotopic (exact) mass is 238 g/mol. The Balaban J connectivity index is 2.30. The van der Waals surface area contributed by atoms with Gasteiger partial charge in [0.1, 0.15) is 5.82 Å². The van der Waals surface area contributed by atoms with Gasteiger partial charge >= 0.3 is 0 Å². The van der Waals surface area contributed by atoms with E-state index in [2.05, 4.69) is 4.99 Å². The minimum Gasteiger partial charge on any atom is -0.259 e. The fourth-order valence-electron chi connectivity index (χ4n) is 1.73. The number of amidine groups is 1. The van der Waals surface area contributed by atoms with Crippen molar-refractivity contribution in [2.75, 3.05) is 13.2 Å². The van der Waals surface area contributed by atoms with Gasteiger partial charge in [-0.3, -0.25) is 4.99 Å². The summed E-state index contributed by atoms with van der Waals surface area (Å²) in [5.74, 6) is 0.102. The fourth-order valence-corrected chi connectivity index (χ4v) is 1.73. The van der Waals surface area contributed by atoms with Crippen LogP contribution in [-0.4, -0.2) is 24.3 Å². The quantitative estimate of drug-likeness (QED) is 0.755. The van der Waals surface area contributed by atoms with Gasteiger partial charge in [0.2, 0.25) is 0 Å². The van der Waals surface area contributed by atoms with Gasteiger partial charge in [-0.1, -0.05) is 12.1 Å². The van der Waals surface area contributed by atoms with Crippen LogP contribution in [-0.2, 0) is 16.2 Å². The number of rotatable bonds is 4. The van der Waals surface area contributed by atoms with Crippen molar-refractivity contribution in [2.24, 2.45) is 4.99 Å². The highest BCUT2D eigenvalue weighted by Gasteiger charge is 2.26. The second kappa shape index (κ2) is 5.25. The molecule has 1 aromatic carbocycles. The summed E-state index contributed by atoms with van der Waals surface area (Å²) in [6.45, 7) is 5.00. The van der Waals surface area contributed by atoms with Gasteiger partial charge in [0, 0.05) is 0 Å². The van der Waals surface area contributed by atoms with Crippen LogP contribution >= 0.6 is 0 Å². The average Bonchev–Trinajstić information content (AvgIpc) is 2.74. The van der Waals surface area contributed by atoms with E-state index in [1.807, 2.05) is 19.9 Å². The summed E-state index contributed by atoms with van der Waals surface area (Å²) in [5, 5.41) is 1.20. The van der Waals surface area contributed by atoms with Crippen LogP contribution in [0.15, 0.2) is 23.2 Å². The second-order valence-electron chi connectivity index (χ2n) is 3.51. The first-order chi connectivity index (χ1) is 8.27. The van der Waals surface area contributed by atoms with Crippen molar-refractivity contribution >= 4 is 5.84 Å². The minimum atomic E-state index is -0.303. The Kier molecular flexibility index (Phi) is 3.71. The average molecular weight is 238 g/mol. The molecule has 0 saturated carbocycles. The molecule has 0 saturated heterocycles. The smallest absolute Gasteiger partial charge is 0.189 e. The van der Waals surface area contributed by atoms with Crippen LogP contribution in [0.1, 0.15) is 25.0 Å². The molecule has 0 atom stereocenters. The Morgan fingerprint density at radius 3 is 2.65 bits per heavy atom. The van der Waals surface area contributed by atoms with Gasteiger partial charge in [-0.15, -0.1) is 5.23 Å². The maximum Gasteiger partial charge on any atom is 0.189 e. The molecule has 0 spiro atoms. The summed E-state index contributed by atoms with van der Waals surface area (Å²) in [6.07, 6.45) is 0. The number of nitrogens with zero attached hydrogens (tertiary/aromatic N) is 2. The van der Waals surface area contributed by atoms with Crippen LogP contribution in [0.25, 0.3) is 0 Å². The Bertz CT molecular complexity index is 429. The van der Waals surface area contributed by atoms with Crippen LogP contribution in [0.2, 0.25) is 0 Å². The Hall–Kier alpha value is -1.46. The Morgan fingerprint density at radius 2 is 2.00 bits per heavy atom. The van der Waals surface area contributed by atoms with Gasteiger partial charge in [0.25, 0.3) is 0 Å². The highest BCUT2D eigenvalue weighted by Crippen LogP contribution is 2.23. The van der Waals surface area contributed by atoms with E-state index in [0.717, 1.165) is 5.56 Å². The molecule has 0 unspecified atom stereocenters. The van der Waals surface area contributed by atoms with Crippen molar-refractivity contribution in [3.05, 3.63) is 35.1 Å². The fraction of sp³-hybridized carbons (Fsp3) is 0.417. The lowest BCUT2D eigenvalue weighted by Crippen LogP contribution is -2.32. The van der Waals surface area contributed by atoms with Crippen molar-refractivity contribution in [1.29, 1.82) is 0 Å². The molecule has 0 aromatic heterocycles. The van der Waals surface area contributed by atoms with Gasteiger partial charge in [-0.2, -0.15) is 0 Å². The molecule has 1 heterocycles. The number of aliphatic imine (C=N–C) groups is 1. The van der Waals surface area contributed by atoms with E-state index in [0.29, 0.717) is 31.2 Å². The zero-order valence-electron chi connectivity index (χ0n) is 9.94. The van der Waals surface area contributed by atoms with Gasteiger partial charge < -0.3 is 0 Å². The van der Waals surface area contributed by atoms with E-state index in [9.17, 15) is 4.39 Å². The minimum absolute atomic E-state index is 0.303. The first-order valence-electron chi connectivity index (χ1n) is 5.66. The largest absolute Gasteiger partial charge is 0.259 e. The molecule has 0 bridgehead atoms. The van der Waals surface area contributed by atoms with Gasteiger partial charge in [-0.25, -0.2) is 14.1 Å². The number of hydroxylamine groups is 2. The first-order valence-corrected chi connectivity index (χ1v) is 5.66. The van der Waals surface area contributed by atoms with Gasteiger partial charge in [-0.05, 0) is 25.5 Å². The summed E-state index contributed by atoms with van der Waals surface area (Å²) in [5.41, 5.74) is 1.32. The number of hydrogen-bond donors (Lipinski definition) is 0. The van der Waals surface area contributed by atoms with E-state index in [-0.39, 0.29) is 5.82 Å². The van der Waals surface area contributed by atoms with Crippen molar-refractivity contribution in [3.8, 4) is 0 Å². The summed E-state index contributed by atoms with van der Waals surface area (Å²) < 4.78 is 13.8. The van der Waals surface area contributed by atoms with E-state index in [1.165, 1.54) is 11.3 Å². The summed E-state index contributed by atoms with van der Waals surface area (Å²) in [7, 11) is 0. The molecule has 2 rings (SSSR count). The maximum atomic E-state index is 13.8. The Morgan fingerprint density at radius 1 is 1.29 bits per heavy atom. The van der Waals surface area contributed by atoms with Crippen molar-refractivity contribution in [3.63, 3.8) is 0 Å². The lowest BCUT2D eigenvalue weighted by atomic mass is 10.1. The van der Waals surface area contributed by atoms with Crippen LogP contribution in [0, 0.1) is 5.82 Å². The molecule has 0 aliphatic carbocycles. The summed E-state index contributed by atoms with van der Waals surface area (Å²) in [6, 6.07) is 4.94. The molecule has 0 radical (unpaired) electrons. The lowest BCUT2D eigenvalue weighted by Gasteiger charge is -2.21. The molecule has 1 aliphatic heterocycles. The van der Waals surface area contributed by atoms with Crippen LogP contribution in [0.5, 0.6) is 0 Å². The topological polar surface area (TPSA) is 34.1 Å². The van der Waals surface area contributed by atoms with Crippen LogP contribution in [0.3, 0.4) is 0 Å². The van der Waals surface area contributed by atoms with Crippen LogP contribution < -0.4 is 0 Å². The maximum absolute atomic E-state index is 13.8. The zero-order valence-corrected chi connectivity index (χ0v) is 9.94. The third kappa shape index (κ3) is 2.30. The highest BCUT2D eigenvalue weighted by atomic mass is 19.1. The van der Waals surface area contributed by atoms with Crippen molar-refractivity contribution in [2.45, 2.75) is 20.4 Å². The second-order valence-corrected chi connectivity index (χ2v) is 3.51. The molecule has 0 N–H and O–H groups in total. The molecule has 0 fully saturated rings. The SMILES string of the molecule is CCON(OCC)C1=NCc2cccc(F)c21. The molecule has 1 aromatic rings. The third-order valence-corrected chi connectivity index (χ3v) is 2.39. The van der Waals surface area contributed by atoms with Crippen molar-refractivity contribution < 1.29 is 14.1 Å². The van der Waals surface area contributed by atoms with Crippen molar-refractivity contribution in [1.82, 2.24) is 5.23 Å². The molecule has 1 aliphatic rings. The summed E-state index contributed by atoms with van der Waals surface area (Å²) in [4.78, 5) is 14.8. The molecule has 4 nitrogen and oxygen atoms in total. The molecule has 17 heavy (non-hydrogen) atoms. The first kappa shape index (κ1) is 12.0. The molecular formula is C12H15FN2O2. The van der Waals surface area contributed by atoms with E-state index in [1.54, 1.807) is 6.07 Å². The number of hydrogen-bond acceptors (Lipinski definition) is 4. The Labute approximate surface area is 99.6 Å². The highest BCUT2D eigenvalue weighted by molar-refractivity contribution is 6.01. The number of halogens is 1. The van der Waals surface area contributed by atoms with Crippen LogP contribution in [0.4, 0.5) is 4.39 Å². The standard InChI is InChI=1S/C12H15FN2O2/c1-3-16-15(17-4-2)12-11-9(8-14-12)6-5-7-10(11)13/h5-7H,3-4,8H2,1-2H3. The molecule has 5 heteroatoms. The van der Waals surface area contributed by atoms with Gasteiger partial charge in [0.05, 0.1) is 25.3 Å². The van der Waals surface area contributed by atoms with E-state index >= 15 is 0 Å². The predicted octanol–water partition coefficient (Wildman–Crippen LogP) is 2.29. The lowest BCUT2D eigenvalue weighted by molar-refractivity contribution is -0.312. The molecule has 92 valence electrons. The van der Waals surface area contributed by atoms with E-state index < -0.39 is 0 Å². The number of benzene rings is 1. The molecular weight excluding hydrogens is 223 g/mol. The third-order valence-electron chi connectivity index (χ3n) is 2.39.